The van der Waals surface area contributed by atoms with Crippen LogP contribution in [0.25, 0.3) is 0 Å². The fourth-order valence-corrected chi connectivity index (χ4v) is 1.94. The summed E-state index contributed by atoms with van der Waals surface area (Å²) in [6, 6.07) is 15.1. The van der Waals surface area contributed by atoms with E-state index in [1.165, 1.54) is 24.3 Å². The van der Waals surface area contributed by atoms with Gasteiger partial charge in [-0.3, -0.25) is 25.8 Å². The second-order valence-corrected chi connectivity index (χ2v) is 5.00. The number of nitro benzene ring substituents is 1. The fraction of sp³-hybridized carbons (Fsp3) is 0.0667. The number of rotatable bonds is 5. The summed E-state index contributed by atoms with van der Waals surface area (Å²) >= 11 is 5.00. The van der Waals surface area contributed by atoms with Crippen LogP contribution in [0.4, 0.5) is 11.4 Å². The quantitative estimate of drug-likeness (QED) is 0.442. The molecule has 23 heavy (non-hydrogen) atoms. The van der Waals surface area contributed by atoms with E-state index in [9.17, 15) is 14.9 Å². The third kappa shape index (κ3) is 5.36. The minimum Gasteiger partial charge on any atom is -0.302 e. The van der Waals surface area contributed by atoms with Crippen LogP contribution in [0.1, 0.15) is 5.56 Å². The Morgan fingerprint density at radius 1 is 1.09 bits per heavy atom. The van der Waals surface area contributed by atoms with Gasteiger partial charge in [0.05, 0.1) is 17.0 Å². The van der Waals surface area contributed by atoms with E-state index in [2.05, 4.69) is 16.2 Å². The van der Waals surface area contributed by atoms with Gasteiger partial charge in [0.25, 0.3) is 5.69 Å². The molecule has 0 bridgehead atoms. The summed E-state index contributed by atoms with van der Waals surface area (Å²) in [6.45, 7) is 0. The van der Waals surface area contributed by atoms with E-state index in [4.69, 9.17) is 12.2 Å². The highest BCUT2D eigenvalue weighted by atomic mass is 32.1. The van der Waals surface area contributed by atoms with Crippen molar-refractivity contribution in [1.82, 2.24) is 10.7 Å². The number of benzene rings is 2. The maximum absolute atomic E-state index is 11.8. The number of carbonyl (C=O) groups is 1. The monoisotopic (exact) mass is 330 g/mol. The molecule has 0 atom stereocenters. The third-order valence-electron chi connectivity index (χ3n) is 2.86. The van der Waals surface area contributed by atoms with Crippen LogP contribution in [0.3, 0.4) is 0 Å². The molecule has 3 N–H and O–H groups in total. The molecule has 0 aliphatic rings. The van der Waals surface area contributed by atoms with Crippen molar-refractivity contribution in [2.45, 2.75) is 6.42 Å². The van der Waals surface area contributed by atoms with Crippen LogP contribution in [0.5, 0.6) is 0 Å². The number of non-ortho nitro benzene ring substituents is 1. The Balaban J connectivity index is 1.78. The first-order valence-electron chi connectivity index (χ1n) is 6.69. The molecular formula is C15H14N4O3S. The SMILES string of the molecule is O=C(Cc1ccccc1)NC(=S)NNc1ccc([N+](=O)[O-])cc1. The summed E-state index contributed by atoms with van der Waals surface area (Å²) in [5.41, 5.74) is 6.85. The van der Waals surface area contributed by atoms with Crippen molar-refractivity contribution in [2.24, 2.45) is 0 Å². The predicted molar refractivity (Wildman–Crippen MR) is 90.7 cm³/mol. The number of hydrogen-bond acceptors (Lipinski definition) is 5. The van der Waals surface area contributed by atoms with Crippen molar-refractivity contribution in [1.29, 1.82) is 0 Å². The summed E-state index contributed by atoms with van der Waals surface area (Å²) < 4.78 is 0. The Morgan fingerprint density at radius 2 is 1.74 bits per heavy atom. The second-order valence-electron chi connectivity index (χ2n) is 4.59. The van der Waals surface area contributed by atoms with Crippen molar-refractivity contribution in [3.05, 3.63) is 70.3 Å². The maximum Gasteiger partial charge on any atom is 0.269 e. The van der Waals surface area contributed by atoms with Crippen molar-refractivity contribution < 1.29 is 9.72 Å². The number of amides is 1. The lowest BCUT2D eigenvalue weighted by molar-refractivity contribution is -0.384. The number of carbonyl (C=O) groups excluding carboxylic acids is 1. The first-order valence-corrected chi connectivity index (χ1v) is 7.09. The molecule has 0 heterocycles. The molecule has 2 aromatic rings. The van der Waals surface area contributed by atoms with Gasteiger partial charge in [-0.05, 0) is 29.9 Å². The highest BCUT2D eigenvalue weighted by Gasteiger charge is 2.06. The molecule has 0 saturated heterocycles. The summed E-state index contributed by atoms with van der Waals surface area (Å²) in [5, 5.41) is 13.2. The zero-order valence-corrected chi connectivity index (χ0v) is 12.8. The fourth-order valence-electron chi connectivity index (χ4n) is 1.78. The summed E-state index contributed by atoms with van der Waals surface area (Å²) in [5.74, 6) is -0.237. The number of nitrogens with zero attached hydrogens (tertiary/aromatic N) is 1. The average molecular weight is 330 g/mol. The molecule has 7 nitrogen and oxygen atoms in total. The zero-order valence-electron chi connectivity index (χ0n) is 12.0. The Kier molecular flexibility index (Phi) is 5.59. The topological polar surface area (TPSA) is 96.3 Å². The molecule has 0 saturated carbocycles. The van der Waals surface area contributed by atoms with Crippen LogP contribution in [-0.4, -0.2) is 15.9 Å². The van der Waals surface area contributed by atoms with Gasteiger partial charge in [0, 0.05) is 12.1 Å². The Hall–Kier alpha value is -3.00. The van der Waals surface area contributed by atoms with E-state index in [1.54, 1.807) is 0 Å². The van der Waals surface area contributed by atoms with Crippen molar-refractivity contribution in [2.75, 3.05) is 5.43 Å². The van der Waals surface area contributed by atoms with E-state index in [0.29, 0.717) is 5.69 Å². The molecule has 1 amide bonds. The molecule has 0 aromatic heterocycles. The van der Waals surface area contributed by atoms with Crippen molar-refractivity contribution >= 4 is 34.6 Å². The van der Waals surface area contributed by atoms with Gasteiger partial charge in [-0.1, -0.05) is 30.3 Å². The average Bonchev–Trinajstić information content (AvgIpc) is 2.54. The van der Waals surface area contributed by atoms with Crippen LogP contribution in [0.15, 0.2) is 54.6 Å². The number of anilines is 1. The van der Waals surface area contributed by atoms with Gasteiger partial charge in [0.1, 0.15) is 0 Å². The van der Waals surface area contributed by atoms with E-state index in [-0.39, 0.29) is 23.1 Å². The largest absolute Gasteiger partial charge is 0.302 e. The minimum absolute atomic E-state index is 0.00529. The first-order chi connectivity index (χ1) is 11.0. The molecule has 0 aliphatic carbocycles. The van der Waals surface area contributed by atoms with E-state index in [1.807, 2.05) is 30.3 Å². The number of nitrogens with one attached hydrogen (secondary N) is 3. The molecule has 2 rings (SSSR count). The molecule has 0 fully saturated rings. The Bertz CT molecular complexity index is 704. The summed E-state index contributed by atoms with van der Waals surface area (Å²) in [4.78, 5) is 21.9. The van der Waals surface area contributed by atoms with Gasteiger partial charge in [0.15, 0.2) is 5.11 Å². The van der Waals surface area contributed by atoms with E-state index in [0.717, 1.165) is 5.56 Å². The molecule has 0 aliphatic heterocycles. The molecule has 0 unspecified atom stereocenters. The van der Waals surface area contributed by atoms with Gasteiger partial charge in [0.2, 0.25) is 5.91 Å². The van der Waals surface area contributed by atoms with Crippen LogP contribution >= 0.6 is 12.2 Å². The molecule has 8 heteroatoms. The Morgan fingerprint density at radius 3 is 2.35 bits per heavy atom. The first kappa shape index (κ1) is 16.4. The molecular weight excluding hydrogens is 316 g/mol. The smallest absolute Gasteiger partial charge is 0.269 e. The molecule has 118 valence electrons. The van der Waals surface area contributed by atoms with Crippen molar-refractivity contribution in [3.8, 4) is 0 Å². The highest BCUT2D eigenvalue weighted by Crippen LogP contribution is 2.14. The van der Waals surface area contributed by atoms with Crippen LogP contribution in [-0.2, 0) is 11.2 Å². The van der Waals surface area contributed by atoms with Gasteiger partial charge in [-0.2, -0.15) is 0 Å². The maximum atomic E-state index is 11.8. The number of hydrazine groups is 1. The lowest BCUT2D eigenvalue weighted by Crippen LogP contribution is -2.42. The van der Waals surface area contributed by atoms with E-state index >= 15 is 0 Å². The van der Waals surface area contributed by atoms with Crippen LogP contribution in [0.2, 0.25) is 0 Å². The number of nitro groups is 1. The van der Waals surface area contributed by atoms with Crippen LogP contribution in [0, 0.1) is 10.1 Å². The van der Waals surface area contributed by atoms with Crippen molar-refractivity contribution in [3.63, 3.8) is 0 Å². The molecule has 0 spiro atoms. The van der Waals surface area contributed by atoms with Gasteiger partial charge in [-0.25, -0.2) is 0 Å². The Labute approximate surface area is 137 Å². The number of hydrogen-bond donors (Lipinski definition) is 3. The summed E-state index contributed by atoms with van der Waals surface area (Å²) in [7, 11) is 0. The predicted octanol–water partition coefficient (Wildman–Crippen LogP) is 2.16. The lowest BCUT2D eigenvalue weighted by atomic mass is 10.1. The zero-order chi connectivity index (χ0) is 16.7. The van der Waals surface area contributed by atoms with Gasteiger partial charge < -0.3 is 5.32 Å². The number of thiocarbonyl (C=S) groups is 1. The molecule has 0 radical (unpaired) electrons. The van der Waals surface area contributed by atoms with Gasteiger partial charge in [-0.15, -0.1) is 0 Å². The standard InChI is InChI=1S/C15H14N4O3S/c20-14(10-11-4-2-1-3-5-11)16-15(23)18-17-12-6-8-13(9-7-12)19(21)22/h1-9,17H,10H2,(H2,16,18,20,23). The molecule has 2 aromatic carbocycles. The minimum atomic E-state index is -0.481. The normalized spacial score (nSPS) is 9.74. The van der Waals surface area contributed by atoms with Crippen LogP contribution < -0.4 is 16.2 Å². The van der Waals surface area contributed by atoms with Gasteiger partial charge >= 0.3 is 0 Å². The third-order valence-corrected chi connectivity index (χ3v) is 3.06. The second kappa shape index (κ2) is 7.85. The lowest BCUT2D eigenvalue weighted by Gasteiger charge is -2.11. The highest BCUT2D eigenvalue weighted by molar-refractivity contribution is 7.80. The van der Waals surface area contributed by atoms with E-state index < -0.39 is 4.92 Å². The summed E-state index contributed by atoms with van der Waals surface area (Å²) in [6.07, 6.45) is 0.222.